The Labute approximate surface area is 85.9 Å². The Morgan fingerprint density at radius 1 is 1.31 bits per heavy atom. The molecule has 0 saturated heterocycles. The van der Waals surface area contributed by atoms with Gasteiger partial charge in [-0.25, -0.2) is 0 Å². The number of carbonyl (C=O) groups excluding carboxylic acids is 1. The zero-order chi connectivity index (χ0) is 10.4. The monoisotopic (exact) mass is 203 g/mol. The average Bonchev–Trinajstić information content (AvgIpc) is 2.01. The summed E-state index contributed by atoms with van der Waals surface area (Å²) in [7, 11) is 0. The molecule has 3 heteroatoms. The number of ketones is 1. The molecule has 13 heavy (non-hydrogen) atoms. The van der Waals surface area contributed by atoms with Gasteiger partial charge in [0.1, 0.15) is 0 Å². The number of Topliss-reactive ketones (excluding diaryl/α,β-unsaturated/α-hetero) is 1. The third-order valence-corrected chi connectivity index (χ3v) is 2.45. The van der Waals surface area contributed by atoms with Crippen molar-refractivity contribution in [3.05, 3.63) is 0 Å². The van der Waals surface area contributed by atoms with Gasteiger partial charge in [-0.1, -0.05) is 27.7 Å². The highest BCUT2D eigenvalue weighted by Crippen LogP contribution is 2.06. The van der Waals surface area contributed by atoms with Crippen LogP contribution in [0.25, 0.3) is 0 Å². The van der Waals surface area contributed by atoms with E-state index in [1.54, 1.807) is 11.8 Å². The fourth-order valence-corrected chi connectivity index (χ4v) is 1.78. The number of nitrogens with one attached hydrogen (secondary N) is 1. The quantitative estimate of drug-likeness (QED) is 0.715. The summed E-state index contributed by atoms with van der Waals surface area (Å²) in [5.74, 6) is 1.32. The van der Waals surface area contributed by atoms with E-state index >= 15 is 0 Å². The zero-order valence-electron chi connectivity index (χ0n) is 9.26. The molecule has 0 bridgehead atoms. The number of hydrogen-bond donors (Lipinski definition) is 1. The SMILES string of the molecule is CSCC(NC(C)C)C(=O)C(C)C. The molecule has 0 aliphatic heterocycles. The highest BCUT2D eigenvalue weighted by atomic mass is 32.2. The number of thioether (sulfide) groups is 1. The fraction of sp³-hybridized carbons (Fsp3) is 0.900. The highest BCUT2D eigenvalue weighted by molar-refractivity contribution is 7.98. The van der Waals surface area contributed by atoms with Gasteiger partial charge in [0.2, 0.25) is 0 Å². The molecule has 0 heterocycles. The first-order valence-corrected chi connectivity index (χ1v) is 6.17. The van der Waals surface area contributed by atoms with E-state index in [0.717, 1.165) is 5.75 Å². The fourth-order valence-electron chi connectivity index (χ4n) is 1.18. The molecule has 1 unspecified atom stereocenters. The van der Waals surface area contributed by atoms with Crippen LogP contribution in [0.4, 0.5) is 0 Å². The molecule has 0 spiro atoms. The van der Waals surface area contributed by atoms with Crippen LogP contribution in [0, 0.1) is 5.92 Å². The van der Waals surface area contributed by atoms with E-state index in [4.69, 9.17) is 0 Å². The van der Waals surface area contributed by atoms with E-state index in [2.05, 4.69) is 19.2 Å². The molecule has 0 aromatic heterocycles. The van der Waals surface area contributed by atoms with Gasteiger partial charge in [-0.05, 0) is 6.26 Å². The lowest BCUT2D eigenvalue weighted by molar-refractivity contribution is -0.123. The van der Waals surface area contributed by atoms with E-state index in [1.165, 1.54) is 0 Å². The maximum absolute atomic E-state index is 11.7. The van der Waals surface area contributed by atoms with E-state index in [9.17, 15) is 4.79 Å². The molecule has 0 aliphatic rings. The van der Waals surface area contributed by atoms with Crippen LogP contribution in [0.15, 0.2) is 0 Å². The minimum absolute atomic E-state index is 0.0231. The van der Waals surface area contributed by atoms with Gasteiger partial charge in [-0.15, -0.1) is 0 Å². The van der Waals surface area contributed by atoms with Crippen molar-refractivity contribution < 1.29 is 4.79 Å². The molecular formula is C10H21NOS. The zero-order valence-corrected chi connectivity index (χ0v) is 10.1. The van der Waals surface area contributed by atoms with Gasteiger partial charge in [0.25, 0.3) is 0 Å². The molecule has 0 saturated carbocycles. The standard InChI is InChI=1S/C10H21NOS/c1-7(2)10(12)9(6-13-5)11-8(3)4/h7-9,11H,6H2,1-5H3. The first kappa shape index (κ1) is 13.0. The Balaban J connectivity index is 4.15. The second-order valence-electron chi connectivity index (χ2n) is 3.89. The number of carbonyl (C=O) groups is 1. The van der Waals surface area contributed by atoms with Crippen molar-refractivity contribution in [3.63, 3.8) is 0 Å². The van der Waals surface area contributed by atoms with Crippen molar-refractivity contribution in [2.75, 3.05) is 12.0 Å². The summed E-state index contributed by atoms with van der Waals surface area (Å²) >= 11 is 1.71. The maximum Gasteiger partial charge on any atom is 0.153 e. The average molecular weight is 203 g/mol. The summed E-state index contributed by atoms with van der Waals surface area (Å²) in [4.78, 5) is 11.7. The lowest BCUT2D eigenvalue weighted by atomic mass is 10.0. The Bertz CT molecular complexity index is 157. The molecule has 0 radical (unpaired) electrons. The van der Waals surface area contributed by atoms with E-state index in [-0.39, 0.29) is 12.0 Å². The molecular weight excluding hydrogens is 182 g/mol. The summed E-state index contributed by atoms with van der Waals surface area (Å²) in [6.45, 7) is 8.05. The lowest BCUT2D eigenvalue weighted by Gasteiger charge is -2.20. The topological polar surface area (TPSA) is 29.1 Å². The smallest absolute Gasteiger partial charge is 0.153 e. The van der Waals surface area contributed by atoms with Gasteiger partial charge in [-0.2, -0.15) is 11.8 Å². The normalized spacial score (nSPS) is 13.8. The van der Waals surface area contributed by atoms with E-state index in [0.29, 0.717) is 11.8 Å². The third kappa shape index (κ3) is 5.32. The first-order valence-electron chi connectivity index (χ1n) is 4.77. The van der Waals surface area contributed by atoms with Crippen LogP contribution in [-0.2, 0) is 4.79 Å². The minimum atomic E-state index is 0.0231. The highest BCUT2D eigenvalue weighted by Gasteiger charge is 2.20. The third-order valence-electron chi connectivity index (χ3n) is 1.78. The summed E-state index contributed by atoms with van der Waals surface area (Å²) in [5, 5.41) is 3.29. The summed E-state index contributed by atoms with van der Waals surface area (Å²) in [6.07, 6.45) is 2.03. The lowest BCUT2D eigenvalue weighted by Crippen LogP contribution is -2.44. The van der Waals surface area contributed by atoms with Gasteiger partial charge in [0.05, 0.1) is 6.04 Å². The van der Waals surface area contributed by atoms with Gasteiger partial charge in [-0.3, -0.25) is 4.79 Å². The van der Waals surface area contributed by atoms with Crippen LogP contribution < -0.4 is 5.32 Å². The van der Waals surface area contributed by atoms with E-state index < -0.39 is 0 Å². The molecule has 1 N–H and O–H groups in total. The van der Waals surface area contributed by atoms with Crippen LogP contribution in [0.5, 0.6) is 0 Å². The summed E-state index contributed by atoms with van der Waals surface area (Å²) in [5.41, 5.74) is 0. The summed E-state index contributed by atoms with van der Waals surface area (Å²) < 4.78 is 0. The second-order valence-corrected chi connectivity index (χ2v) is 4.80. The molecule has 2 nitrogen and oxygen atoms in total. The number of rotatable bonds is 6. The van der Waals surface area contributed by atoms with Crippen LogP contribution in [0.2, 0.25) is 0 Å². The Morgan fingerprint density at radius 3 is 2.15 bits per heavy atom. The molecule has 0 amide bonds. The Kier molecular flexibility index (Phi) is 6.43. The first-order chi connectivity index (χ1) is 5.99. The van der Waals surface area contributed by atoms with Crippen molar-refractivity contribution in [2.24, 2.45) is 5.92 Å². The van der Waals surface area contributed by atoms with Crippen molar-refractivity contribution in [2.45, 2.75) is 39.8 Å². The molecule has 0 fully saturated rings. The maximum atomic E-state index is 11.7. The summed E-state index contributed by atoms with van der Waals surface area (Å²) in [6, 6.07) is 0.398. The van der Waals surface area contributed by atoms with Gasteiger partial charge >= 0.3 is 0 Å². The van der Waals surface area contributed by atoms with Crippen molar-refractivity contribution in [1.82, 2.24) is 5.32 Å². The molecule has 1 atom stereocenters. The van der Waals surface area contributed by atoms with E-state index in [1.807, 2.05) is 20.1 Å². The predicted octanol–water partition coefficient (Wildman–Crippen LogP) is 1.94. The van der Waals surface area contributed by atoms with Crippen molar-refractivity contribution in [3.8, 4) is 0 Å². The molecule has 0 rings (SSSR count). The van der Waals surface area contributed by atoms with Gasteiger partial charge in [0.15, 0.2) is 5.78 Å². The van der Waals surface area contributed by atoms with Crippen LogP contribution in [0.1, 0.15) is 27.7 Å². The second kappa shape index (κ2) is 6.44. The molecule has 0 aliphatic carbocycles. The number of hydrogen-bond acceptors (Lipinski definition) is 3. The Hall–Kier alpha value is -0.0200. The minimum Gasteiger partial charge on any atom is -0.305 e. The van der Waals surface area contributed by atoms with Crippen LogP contribution in [-0.4, -0.2) is 29.9 Å². The van der Waals surface area contributed by atoms with Crippen LogP contribution >= 0.6 is 11.8 Å². The molecule has 0 aromatic carbocycles. The molecule has 78 valence electrons. The van der Waals surface area contributed by atoms with Crippen molar-refractivity contribution >= 4 is 17.5 Å². The van der Waals surface area contributed by atoms with Gasteiger partial charge < -0.3 is 5.32 Å². The van der Waals surface area contributed by atoms with Crippen molar-refractivity contribution in [1.29, 1.82) is 0 Å². The van der Waals surface area contributed by atoms with Crippen LogP contribution in [0.3, 0.4) is 0 Å². The Morgan fingerprint density at radius 2 is 1.85 bits per heavy atom. The molecule has 0 aromatic rings. The predicted molar refractivity (Wildman–Crippen MR) is 60.3 cm³/mol. The van der Waals surface area contributed by atoms with Gasteiger partial charge in [0, 0.05) is 17.7 Å². The largest absolute Gasteiger partial charge is 0.305 e.